The van der Waals surface area contributed by atoms with Crippen LogP contribution in [0.25, 0.3) is 0 Å². The maximum Gasteiger partial charge on any atom is 0.0810 e. The molecule has 1 nitrogen and oxygen atoms in total. The van der Waals surface area contributed by atoms with E-state index < -0.39 is 0 Å². The molecule has 0 heterocycles. The summed E-state index contributed by atoms with van der Waals surface area (Å²) in [7, 11) is 2.69. The Hall–Kier alpha value is -0.0400. The molecule has 2 unspecified atom stereocenters. The van der Waals surface area contributed by atoms with Crippen LogP contribution in [0.3, 0.4) is 0 Å². The molecule has 0 N–H and O–H groups in total. The molecule has 4 aliphatic rings. The molecule has 0 aromatic carbocycles. The molecule has 4 fully saturated rings. The second-order valence-electron chi connectivity index (χ2n) is 26.0. The molecule has 1 heteroatoms. The summed E-state index contributed by atoms with van der Waals surface area (Å²) in [5.41, 5.74) is 1.33. The zero-order valence-corrected chi connectivity index (χ0v) is 46.4. The van der Waals surface area contributed by atoms with Gasteiger partial charge in [0.05, 0.1) is 26.7 Å². The summed E-state index contributed by atoms with van der Waals surface area (Å²) >= 11 is 0. The minimum absolute atomic E-state index is 0.638. The third kappa shape index (κ3) is 20.7. The van der Waals surface area contributed by atoms with Gasteiger partial charge in [-0.05, 0) is 130 Å². The Bertz CT molecular complexity index is 1090. The van der Waals surface area contributed by atoms with Gasteiger partial charge in [0.25, 0.3) is 0 Å². The molecule has 0 aromatic heterocycles. The van der Waals surface area contributed by atoms with Crippen molar-refractivity contribution in [1.29, 1.82) is 0 Å². The van der Waals surface area contributed by atoms with E-state index in [1.807, 2.05) is 0 Å². The van der Waals surface area contributed by atoms with Crippen LogP contribution in [0.15, 0.2) is 0 Å². The second kappa shape index (κ2) is 33.5. The van der Waals surface area contributed by atoms with Crippen LogP contribution in [0.5, 0.6) is 0 Å². The summed E-state index contributed by atoms with van der Waals surface area (Å²) in [4.78, 5) is 0. The van der Waals surface area contributed by atoms with E-state index in [4.69, 9.17) is 0 Å². The first-order chi connectivity index (χ1) is 31.7. The predicted octanol–water partition coefficient (Wildman–Crippen LogP) is 21.4. The maximum absolute atomic E-state index is 2.82. The zero-order chi connectivity index (χ0) is 46.5. The molecule has 4 rings (SSSR count). The van der Waals surface area contributed by atoms with Gasteiger partial charge in [-0.25, -0.2) is 0 Å². The number of hydrogen-bond donors (Lipinski definition) is 0. The van der Waals surface area contributed by atoms with Crippen molar-refractivity contribution in [1.82, 2.24) is 0 Å². The summed E-state index contributed by atoms with van der Waals surface area (Å²) in [6, 6.07) is 0. The largest absolute Gasteiger partial charge is 0.326 e. The van der Waals surface area contributed by atoms with Crippen LogP contribution >= 0.6 is 0 Å². The Kier molecular flexibility index (Phi) is 29.7. The van der Waals surface area contributed by atoms with Gasteiger partial charge in [-0.3, -0.25) is 0 Å². The maximum atomic E-state index is 2.82. The molecule has 0 bridgehead atoms. The van der Waals surface area contributed by atoms with Crippen LogP contribution in [0.1, 0.15) is 330 Å². The van der Waals surface area contributed by atoms with Crippen LogP contribution in [0, 0.1) is 52.3 Å². The van der Waals surface area contributed by atoms with Gasteiger partial charge in [-0.15, -0.1) is 0 Å². The topological polar surface area (TPSA) is 0 Å². The smallest absolute Gasteiger partial charge is 0.0810 e. The minimum atomic E-state index is 0.638. The van der Waals surface area contributed by atoms with Crippen molar-refractivity contribution in [2.24, 2.45) is 52.3 Å². The first kappa shape index (κ1) is 57.5. The number of quaternary nitrogens is 1. The molecule has 65 heavy (non-hydrogen) atoms. The summed E-state index contributed by atoms with van der Waals surface area (Å²) in [6.07, 6.45) is 67.1. The van der Waals surface area contributed by atoms with Gasteiger partial charge in [0.15, 0.2) is 0 Å². The lowest BCUT2D eigenvalue weighted by Gasteiger charge is -2.61. The lowest BCUT2D eigenvalue weighted by atomic mass is 9.44. The Morgan fingerprint density at radius 3 is 1.31 bits per heavy atom. The molecule has 4 saturated carbocycles. The van der Waals surface area contributed by atoms with Gasteiger partial charge >= 0.3 is 0 Å². The van der Waals surface area contributed by atoms with E-state index in [-0.39, 0.29) is 0 Å². The van der Waals surface area contributed by atoms with E-state index in [0.717, 1.165) is 41.4 Å². The first-order valence-corrected chi connectivity index (χ1v) is 31.5. The van der Waals surface area contributed by atoms with Gasteiger partial charge in [0.2, 0.25) is 0 Å². The standard InChI is InChI=1S/C64H124N/c1-8-10-12-14-16-18-20-22-24-26-28-30-32-34-36-40-53-65(7,54-41-37-35-33-31-29-27-25-23-21-19-17-15-13-11-9-2)55-56(3)43-42-44-57(4)60-48-49-61-59-47-46-58-45-38-39-51-63(58,5)62(59)50-52-64(60,61)6/h56-62H,8-55H2,1-7H3/q+1/t56?,57-,58?,59+,60-,61+,62+,63+,64-/m1/s1. The van der Waals surface area contributed by atoms with E-state index >= 15 is 0 Å². The SMILES string of the molecule is CCCCCCCCCCCCCCCCCC[N+](C)(CCCCCCCCCCCCCCCCCC)CC(C)CCC[C@@H](C)[C@H]1CC[C@H]2[C@@H]3CCC4CCCC[C@]4(C)[C@H]3CC[C@]12C. The summed E-state index contributed by atoms with van der Waals surface area (Å²) in [5, 5.41) is 0. The van der Waals surface area contributed by atoms with Crippen LogP contribution < -0.4 is 0 Å². The molecule has 0 aromatic rings. The molecule has 0 aliphatic heterocycles. The van der Waals surface area contributed by atoms with E-state index in [1.165, 1.54) is 262 Å². The van der Waals surface area contributed by atoms with Gasteiger partial charge in [0, 0.05) is 5.92 Å². The molecule has 4 aliphatic carbocycles. The summed E-state index contributed by atoms with van der Waals surface area (Å²) in [6.45, 7) is 19.9. The van der Waals surface area contributed by atoms with E-state index in [2.05, 4.69) is 48.6 Å². The summed E-state index contributed by atoms with van der Waals surface area (Å²) in [5.74, 6) is 6.99. The van der Waals surface area contributed by atoms with Gasteiger partial charge in [-0.2, -0.15) is 0 Å². The molecule has 0 saturated heterocycles. The average molecular weight is 908 g/mol. The highest BCUT2D eigenvalue weighted by Gasteiger charge is 2.60. The molecule has 9 atom stereocenters. The second-order valence-corrected chi connectivity index (χ2v) is 26.0. The number of hydrogen-bond acceptors (Lipinski definition) is 0. The fourth-order valence-electron chi connectivity index (χ4n) is 16.5. The third-order valence-corrected chi connectivity index (χ3v) is 20.6. The van der Waals surface area contributed by atoms with Gasteiger partial charge in [0.1, 0.15) is 0 Å². The van der Waals surface area contributed by atoms with Crippen molar-refractivity contribution in [3.05, 3.63) is 0 Å². The Labute approximate surface area is 412 Å². The quantitative estimate of drug-likeness (QED) is 0.0424. The third-order valence-electron chi connectivity index (χ3n) is 20.6. The Morgan fingerprint density at radius 1 is 0.415 bits per heavy atom. The van der Waals surface area contributed by atoms with Crippen molar-refractivity contribution in [3.63, 3.8) is 0 Å². The molecular weight excluding hydrogens is 783 g/mol. The zero-order valence-electron chi connectivity index (χ0n) is 46.4. The molecule has 0 spiro atoms. The molecule has 0 amide bonds. The predicted molar refractivity (Wildman–Crippen MR) is 292 cm³/mol. The fourth-order valence-corrected chi connectivity index (χ4v) is 16.5. The average Bonchev–Trinajstić information content (AvgIpc) is 3.66. The lowest BCUT2D eigenvalue weighted by Crippen LogP contribution is -2.53. The van der Waals surface area contributed by atoms with Crippen molar-refractivity contribution >= 4 is 0 Å². The van der Waals surface area contributed by atoms with Crippen LogP contribution in [0.2, 0.25) is 0 Å². The lowest BCUT2D eigenvalue weighted by molar-refractivity contribution is -0.913. The monoisotopic (exact) mass is 907 g/mol. The Morgan fingerprint density at radius 2 is 0.846 bits per heavy atom. The number of rotatable bonds is 41. The molecule has 384 valence electrons. The van der Waals surface area contributed by atoms with Crippen molar-refractivity contribution in [3.8, 4) is 0 Å². The van der Waals surface area contributed by atoms with Crippen LogP contribution in [-0.4, -0.2) is 31.2 Å². The van der Waals surface area contributed by atoms with E-state index in [9.17, 15) is 0 Å². The molecular formula is C64H124N+. The fraction of sp³-hybridized carbons (Fsp3) is 1.00. The number of fused-ring (bicyclic) bond motifs is 5. The normalized spacial score (nSPS) is 27.6. The van der Waals surface area contributed by atoms with Gasteiger partial charge in [-0.1, -0.05) is 247 Å². The van der Waals surface area contributed by atoms with Crippen LogP contribution in [-0.2, 0) is 0 Å². The highest BCUT2D eigenvalue weighted by atomic mass is 15.3. The minimum Gasteiger partial charge on any atom is -0.326 e. The van der Waals surface area contributed by atoms with Crippen molar-refractivity contribution in [2.75, 3.05) is 26.7 Å². The van der Waals surface area contributed by atoms with E-state index in [0.29, 0.717) is 10.8 Å². The molecule has 0 radical (unpaired) electrons. The van der Waals surface area contributed by atoms with Crippen LogP contribution in [0.4, 0.5) is 0 Å². The number of unbranched alkanes of at least 4 members (excludes halogenated alkanes) is 30. The highest BCUT2D eigenvalue weighted by molar-refractivity contribution is 5.09. The highest BCUT2D eigenvalue weighted by Crippen LogP contribution is 2.68. The van der Waals surface area contributed by atoms with Crippen molar-refractivity contribution in [2.45, 2.75) is 330 Å². The van der Waals surface area contributed by atoms with E-state index in [1.54, 1.807) is 51.4 Å². The van der Waals surface area contributed by atoms with Gasteiger partial charge < -0.3 is 4.48 Å². The van der Waals surface area contributed by atoms with Crippen molar-refractivity contribution < 1.29 is 4.48 Å². The first-order valence-electron chi connectivity index (χ1n) is 31.5. The number of nitrogens with zero attached hydrogens (tertiary/aromatic N) is 1. The summed E-state index contributed by atoms with van der Waals surface area (Å²) < 4.78 is 1.36. The Balaban J connectivity index is 1.12.